The predicted octanol–water partition coefficient (Wildman–Crippen LogP) is 2.95. The Kier molecular flexibility index (Phi) is 4.22. The second-order valence-electron chi connectivity index (χ2n) is 4.31. The Morgan fingerprint density at radius 2 is 2.11 bits per heavy atom. The molecule has 0 radical (unpaired) electrons. The van der Waals surface area contributed by atoms with Crippen LogP contribution in [0, 0.1) is 0 Å². The molecule has 0 aliphatic heterocycles. The molecule has 2 aromatic rings. The molecule has 4 nitrogen and oxygen atoms in total. The first-order valence-electron chi connectivity index (χ1n) is 6.16. The van der Waals surface area contributed by atoms with Crippen LogP contribution in [-0.2, 0) is 7.05 Å². The van der Waals surface area contributed by atoms with Gasteiger partial charge >= 0.3 is 0 Å². The summed E-state index contributed by atoms with van der Waals surface area (Å²) in [6.07, 6.45) is 2.28. The van der Waals surface area contributed by atoms with Crippen molar-refractivity contribution in [1.82, 2.24) is 15.1 Å². The monoisotopic (exact) mass is 277 g/mol. The highest BCUT2D eigenvalue weighted by Gasteiger charge is 2.19. The van der Waals surface area contributed by atoms with E-state index in [1.807, 2.05) is 37.3 Å². The molecule has 0 unspecified atom stereocenters. The van der Waals surface area contributed by atoms with E-state index in [-0.39, 0.29) is 11.9 Å². The molecule has 2 rings (SSSR count). The molecule has 1 amide bonds. The molecule has 0 aliphatic rings. The van der Waals surface area contributed by atoms with Crippen molar-refractivity contribution < 1.29 is 4.79 Å². The topological polar surface area (TPSA) is 46.9 Å². The number of rotatable bonds is 4. The van der Waals surface area contributed by atoms with Crippen molar-refractivity contribution in [3.63, 3.8) is 0 Å². The van der Waals surface area contributed by atoms with Crippen LogP contribution < -0.4 is 5.32 Å². The Morgan fingerprint density at radius 1 is 1.42 bits per heavy atom. The van der Waals surface area contributed by atoms with Gasteiger partial charge in [0, 0.05) is 7.05 Å². The van der Waals surface area contributed by atoms with E-state index < -0.39 is 0 Å². The van der Waals surface area contributed by atoms with E-state index in [4.69, 9.17) is 11.6 Å². The first kappa shape index (κ1) is 13.6. The van der Waals surface area contributed by atoms with Crippen molar-refractivity contribution in [2.75, 3.05) is 0 Å². The average molecular weight is 278 g/mol. The lowest BCUT2D eigenvalue weighted by atomic mass is 10.0. The smallest absolute Gasteiger partial charge is 0.271 e. The maximum atomic E-state index is 12.2. The summed E-state index contributed by atoms with van der Waals surface area (Å²) in [7, 11) is 1.70. The molecular formula is C14H16ClN3O. The van der Waals surface area contributed by atoms with Crippen molar-refractivity contribution >= 4 is 17.5 Å². The minimum absolute atomic E-state index is 0.0281. The second-order valence-corrected chi connectivity index (χ2v) is 4.72. The van der Waals surface area contributed by atoms with Gasteiger partial charge in [0.15, 0.2) is 0 Å². The van der Waals surface area contributed by atoms with Crippen LogP contribution >= 0.6 is 11.6 Å². The van der Waals surface area contributed by atoms with Gasteiger partial charge in [-0.15, -0.1) is 0 Å². The van der Waals surface area contributed by atoms with Crippen molar-refractivity contribution in [3.8, 4) is 0 Å². The summed E-state index contributed by atoms with van der Waals surface area (Å²) < 4.78 is 1.48. The van der Waals surface area contributed by atoms with Gasteiger partial charge in [0.1, 0.15) is 5.69 Å². The molecule has 100 valence electrons. The molecule has 1 aromatic carbocycles. The van der Waals surface area contributed by atoms with Crippen molar-refractivity contribution in [2.24, 2.45) is 7.05 Å². The summed E-state index contributed by atoms with van der Waals surface area (Å²) >= 11 is 5.97. The van der Waals surface area contributed by atoms with Gasteiger partial charge in [-0.1, -0.05) is 48.9 Å². The molecule has 0 bridgehead atoms. The van der Waals surface area contributed by atoms with Gasteiger partial charge in [0.25, 0.3) is 5.91 Å². The average Bonchev–Trinajstić information content (AvgIpc) is 2.76. The minimum Gasteiger partial charge on any atom is -0.344 e. The normalized spacial score (nSPS) is 12.2. The zero-order chi connectivity index (χ0) is 13.8. The van der Waals surface area contributed by atoms with E-state index in [1.165, 1.54) is 10.9 Å². The van der Waals surface area contributed by atoms with Crippen molar-refractivity contribution in [2.45, 2.75) is 19.4 Å². The Balaban J connectivity index is 2.18. The zero-order valence-corrected chi connectivity index (χ0v) is 11.7. The third-order valence-corrected chi connectivity index (χ3v) is 3.30. The van der Waals surface area contributed by atoms with Crippen molar-refractivity contribution in [3.05, 3.63) is 52.8 Å². The lowest BCUT2D eigenvalue weighted by Crippen LogP contribution is -2.30. The third-order valence-electron chi connectivity index (χ3n) is 3.02. The van der Waals surface area contributed by atoms with Crippen LogP contribution in [0.2, 0.25) is 5.02 Å². The van der Waals surface area contributed by atoms with Gasteiger partial charge in [0.05, 0.1) is 17.3 Å². The number of carbonyl (C=O) groups is 1. The van der Waals surface area contributed by atoms with E-state index in [9.17, 15) is 4.79 Å². The van der Waals surface area contributed by atoms with Crippen LogP contribution in [0.3, 0.4) is 0 Å². The SMILES string of the molecule is CC[C@H](NC(=O)c1c(Cl)cnn1C)c1ccccc1. The van der Waals surface area contributed by atoms with E-state index in [1.54, 1.807) is 7.05 Å². The molecule has 0 saturated heterocycles. The molecule has 0 aliphatic carbocycles. The number of hydrogen-bond acceptors (Lipinski definition) is 2. The Hall–Kier alpha value is -1.81. The van der Waals surface area contributed by atoms with Gasteiger partial charge in [0.2, 0.25) is 0 Å². The van der Waals surface area contributed by atoms with Crippen molar-refractivity contribution in [1.29, 1.82) is 0 Å². The number of halogens is 1. The number of carbonyl (C=O) groups excluding carboxylic acids is 1. The Morgan fingerprint density at radius 3 is 2.63 bits per heavy atom. The van der Waals surface area contributed by atoms with Gasteiger partial charge in [-0.25, -0.2) is 0 Å². The molecule has 5 heteroatoms. The minimum atomic E-state index is -0.208. The maximum absolute atomic E-state index is 12.2. The summed E-state index contributed by atoms with van der Waals surface area (Å²) in [6, 6.07) is 9.84. The lowest BCUT2D eigenvalue weighted by Gasteiger charge is -2.17. The van der Waals surface area contributed by atoms with Crippen LogP contribution in [-0.4, -0.2) is 15.7 Å². The number of benzene rings is 1. The molecule has 0 saturated carbocycles. The highest BCUT2D eigenvalue weighted by molar-refractivity contribution is 6.33. The zero-order valence-electron chi connectivity index (χ0n) is 10.9. The predicted molar refractivity (Wildman–Crippen MR) is 75.2 cm³/mol. The first-order chi connectivity index (χ1) is 9.13. The Labute approximate surface area is 117 Å². The molecule has 1 aromatic heterocycles. The quantitative estimate of drug-likeness (QED) is 0.934. The van der Waals surface area contributed by atoms with E-state index in [2.05, 4.69) is 10.4 Å². The van der Waals surface area contributed by atoms with Gasteiger partial charge in [-0.05, 0) is 12.0 Å². The second kappa shape index (κ2) is 5.89. The summed E-state index contributed by atoms with van der Waals surface area (Å²) in [5.74, 6) is -0.208. The molecule has 0 fully saturated rings. The fourth-order valence-electron chi connectivity index (χ4n) is 2.00. The summed E-state index contributed by atoms with van der Waals surface area (Å²) in [4.78, 5) is 12.2. The highest BCUT2D eigenvalue weighted by Crippen LogP contribution is 2.19. The number of amides is 1. The summed E-state index contributed by atoms with van der Waals surface area (Å²) in [6.45, 7) is 2.03. The van der Waals surface area contributed by atoms with Gasteiger partial charge in [-0.2, -0.15) is 5.10 Å². The molecular weight excluding hydrogens is 262 g/mol. The molecule has 19 heavy (non-hydrogen) atoms. The van der Waals surface area contributed by atoms with E-state index in [0.29, 0.717) is 10.7 Å². The third kappa shape index (κ3) is 2.96. The molecule has 1 heterocycles. The standard InChI is InChI=1S/C14H16ClN3O/c1-3-12(10-7-5-4-6-8-10)17-14(19)13-11(15)9-16-18(13)2/h4-9,12H,3H2,1-2H3,(H,17,19)/t12-/m0/s1. The lowest BCUT2D eigenvalue weighted by molar-refractivity contribution is 0.0926. The largest absolute Gasteiger partial charge is 0.344 e. The van der Waals surface area contributed by atoms with Crippen LogP contribution in [0.25, 0.3) is 0 Å². The molecule has 1 atom stereocenters. The van der Waals surface area contributed by atoms with Crippen LogP contribution in [0.15, 0.2) is 36.5 Å². The number of nitrogens with one attached hydrogen (secondary N) is 1. The highest BCUT2D eigenvalue weighted by atomic mass is 35.5. The summed E-state index contributed by atoms with van der Waals surface area (Å²) in [5, 5.41) is 7.31. The van der Waals surface area contributed by atoms with Crippen LogP contribution in [0.4, 0.5) is 0 Å². The first-order valence-corrected chi connectivity index (χ1v) is 6.54. The van der Waals surface area contributed by atoms with Gasteiger partial charge in [-0.3, -0.25) is 9.48 Å². The van der Waals surface area contributed by atoms with E-state index in [0.717, 1.165) is 12.0 Å². The molecule has 1 N–H and O–H groups in total. The van der Waals surface area contributed by atoms with Crippen LogP contribution in [0.5, 0.6) is 0 Å². The molecule has 0 spiro atoms. The maximum Gasteiger partial charge on any atom is 0.271 e. The summed E-state index contributed by atoms with van der Waals surface area (Å²) in [5.41, 5.74) is 1.47. The number of hydrogen-bond donors (Lipinski definition) is 1. The van der Waals surface area contributed by atoms with E-state index >= 15 is 0 Å². The van der Waals surface area contributed by atoms with Gasteiger partial charge < -0.3 is 5.32 Å². The number of aromatic nitrogens is 2. The fraction of sp³-hybridized carbons (Fsp3) is 0.286. The fourth-order valence-corrected chi connectivity index (χ4v) is 2.25. The number of aryl methyl sites for hydroxylation is 1. The Bertz CT molecular complexity index is 546. The van der Waals surface area contributed by atoms with Crippen LogP contribution in [0.1, 0.15) is 35.4 Å². The number of nitrogens with zero attached hydrogens (tertiary/aromatic N) is 2.